The summed E-state index contributed by atoms with van der Waals surface area (Å²) in [6, 6.07) is 0. The van der Waals surface area contributed by atoms with Crippen molar-refractivity contribution < 1.29 is 46.9 Å². The van der Waals surface area contributed by atoms with Crippen LogP contribution in [0.1, 0.15) is 34.6 Å². The third kappa shape index (κ3) is 9.72. The lowest BCUT2D eigenvalue weighted by atomic mass is 10.3. The lowest BCUT2D eigenvalue weighted by Gasteiger charge is -2.24. The summed E-state index contributed by atoms with van der Waals surface area (Å²) in [5.41, 5.74) is 6.46. The number of carbonyl (C=O) groups excluding carboxylic acids is 2. The molecule has 0 unspecified atom stereocenters. The highest BCUT2D eigenvalue weighted by atomic mass is 31.2. The molecule has 0 saturated carbocycles. The minimum absolute atomic E-state index is 0.323. The van der Waals surface area contributed by atoms with Crippen LogP contribution in [-0.2, 0) is 37.3 Å². The van der Waals surface area contributed by atoms with Crippen molar-refractivity contribution >= 4 is 37.2 Å². The summed E-state index contributed by atoms with van der Waals surface area (Å²) in [5.74, 6) is 0.933. The van der Waals surface area contributed by atoms with Crippen molar-refractivity contribution in [2.24, 2.45) is 0 Å². The molecule has 35 heavy (non-hydrogen) atoms. The van der Waals surface area contributed by atoms with Crippen LogP contribution < -0.4 is 16.0 Å². The molecule has 0 amide bonds. The van der Waals surface area contributed by atoms with Gasteiger partial charge in [-0.1, -0.05) is 0 Å². The van der Waals surface area contributed by atoms with Crippen molar-refractivity contribution in [1.29, 1.82) is 0 Å². The first-order chi connectivity index (χ1) is 16.5. The number of nitrogen functional groups attached to an aromatic ring is 1. The molecule has 198 valence electrons. The zero-order valence-corrected chi connectivity index (χ0v) is 21.2. The van der Waals surface area contributed by atoms with E-state index < -0.39 is 58.2 Å². The Morgan fingerprint density at radius 2 is 1.63 bits per heavy atom. The summed E-state index contributed by atoms with van der Waals surface area (Å²) >= 11 is 0. The van der Waals surface area contributed by atoms with Crippen LogP contribution in [0.15, 0.2) is 6.33 Å². The smallest absolute Gasteiger partial charge is 0.432 e. The maximum Gasteiger partial charge on any atom is 0.510 e. The van der Waals surface area contributed by atoms with Gasteiger partial charge in [0, 0.05) is 6.54 Å². The van der Waals surface area contributed by atoms with Gasteiger partial charge in [-0.2, -0.15) is 0 Å². The van der Waals surface area contributed by atoms with Crippen LogP contribution in [0.3, 0.4) is 0 Å². The van der Waals surface area contributed by atoms with Gasteiger partial charge in [0.15, 0.2) is 11.6 Å². The number of fused-ring (bicyclic) bond motifs is 1. The lowest BCUT2D eigenvalue weighted by molar-refractivity contribution is -0.0362. The number of nitrogens with one attached hydrogen (secondary N) is 1. The second-order valence-corrected chi connectivity index (χ2v) is 9.84. The van der Waals surface area contributed by atoms with Crippen LogP contribution in [0.2, 0.25) is 0 Å². The Morgan fingerprint density at radius 3 is 2.17 bits per heavy atom. The number of aromatic nitrogens is 2. The SMILES string of the molecule is CC(C)OC(=O)OCOP(=O)(CO[C@H](C)CN1CNc2c(N)ncnc21)OCOC(=O)OC(C)C. The van der Waals surface area contributed by atoms with Gasteiger partial charge in [-0.05, 0) is 34.6 Å². The molecule has 0 aliphatic carbocycles. The Morgan fingerprint density at radius 1 is 1.06 bits per heavy atom. The van der Waals surface area contributed by atoms with E-state index in [2.05, 4.69) is 15.3 Å². The molecule has 0 saturated heterocycles. The first kappa shape index (κ1) is 28.4. The molecule has 0 aromatic carbocycles. The first-order valence-corrected chi connectivity index (χ1v) is 12.5. The molecule has 1 aromatic heterocycles. The number of nitrogens with zero attached hydrogens (tertiary/aromatic N) is 3. The highest BCUT2D eigenvalue weighted by Crippen LogP contribution is 2.48. The molecule has 0 spiro atoms. The number of nitrogens with two attached hydrogens (primary N) is 1. The summed E-state index contributed by atoms with van der Waals surface area (Å²) in [6.07, 6.45) is -2.51. The average Bonchev–Trinajstić information content (AvgIpc) is 3.15. The highest BCUT2D eigenvalue weighted by molar-refractivity contribution is 7.53. The molecular formula is C19H32N5O10P. The largest absolute Gasteiger partial charge is 0.510 e. The lowest BCUT2D eigenvalue weighted by Crippen LogP contribution is -2.33. The Balaban J connectivity index is 1.91. The normalized spacial score (nSPS) is 13.9. The van der Waals surface area contributed by atoms with E-state index in [0.717, 1.165) is 0 Å². The van der Waals surface area contributed by atoms with Gasteiger partial charge in [0.05, 0.1) is 25.0 Å². The van der Waals surface area contributed by atoms with Crippen LogP contribution in [0.4, 0.5) is 26.9 Å². The van der Waals surface area contributed by atoms with Crippen LogP contribution in [-0.4, -0.2) is 73.7 Å². The molecule has 16 heteroatoms. The van der Waals surface area contributed by atoms with Gasteiger partial charge >= 0.3 is 19.9 Å². The molecule has 0 fully saturated rings. The minimum Gasteiger partial charge on any atom is -0.432 e. The predicted molar refractivity (Wildman–Crippen MR) is 123 cm³/mol. The third-order valence-electron chi connectivity index (χ3n) is 4.11. The molecule has 2 heterocycles. The van der Waals surface area contributed by atoms with Crippen molar-refractivity contribution in [1.82, 2.24) is 9.97 Å². The van der Waals surface area contributed by atoms with Crippen molar-refractivity contribution in [2.75, 3.05) is 49.1 Å². The molecule has 15 nitrogen and oxygen atoms in total. The molecule has 0 bridgehead atoms. The maximum absolute atomic E-state index is 13.1. The number of hydrogen-bond donors (Lipinski definition) is 2. The Kier molecular flexibility index (Phi) is 10.8. The molecular weight excluding hydrogens is 489 g/mol. The van der Waals surface area contributed by atoms with Crippen LogP contribution >= 0.6 is 7.60 Å². The maximum atomic E-state index is 13.1. The molecule has 1 aromatic rings. The van der Waals surface area contributed by atoms with Crippen LogP contribution in [0, 0.1) is 0 Å². The summed E-state index contributed by atoms with van der Waals surface area (Å²) < 4.78 is 48.1. The summed E-state index contributed by atoms with van der Waals surface area (Å²) in [4.78, 5) is 33.1. The number of ether oxygens (including phenoxy) is 5. The number of anilines is 3. The quantitative estimate of drug-likeness (QED) is 0.219. The van der Waals surface area contributed by atoms with Gasteiger partial charge in [0.1, 0.15) is 18.4 Å². The monoisotopic (exact) mass is 521 g/mol. The van der Waals surface area contributed by atoms with Gasteiger partial charge in [-0.3, -0.25) is 13.6 Å². The molecule has 1 aliphatic heterocycles. The van der Waals surface area contributed by atoms with Crippen LogP contribution in [0.25, 0.3) is 0 Å². The van der Waals surface area contributed by atoms with Gasteiger partial charge in [-0.25, -0.2) is 19.6 Å². The number of hydrogen-bond acceptors (Lipinski definition) is 15. The standard InChI is InChI=1S/C19H32N5O10P/c1-12(2)33-18(25)28-9-31-35(27,32-10-29-19(26)34-13(3)4)11-30-14(5)6-24-8-23-15-16(20)21-7-22-17(15)24/h7,12-14,23H,6,8-11H2,1-5H3,(H2,20,21,22)/t14-/m1/s1. The second-order valence-electron chi connectivity index (χ2n) is 7.85. The Hall–Kier alpha value is -2.87. The predicted octanol–water partition coefficient (Wildman–Crippen LogP) is 2.88. The Bertz CT molecular complexity index is 871. The van der Waals surface area contributed by atoms with Crippen molar-refractivity contribution in [2.45, 2.75) is 52.9 Å². The fraction of sp³-hybridized carbons (Fsp3) is 0.684. The van der Waals surface area contributed by atoms with E-state index >= 15 is 0 Å². The molecule has 0 radical (unpaired) electrons. The second kappa shape index (κ2) is 13.3. The van der Waals surface area contributed by atoms with Gasteiger partial charge in [-0.15, -0.1) is 0 Å². The molecule has 1 atom stereocenters. The van der Waals surface area contributed by atoms with E-state index in [0.29, 0.717) is 30.5 Å². The highest BCUT2D eigenvalue weighted by Gasteiger charge is 2.30. The van der Waals surface area contributed by atoms with Gasteiger partial charge in [0.25, 0.3) is 0 Å². The van der Waals surface area contributed by atoms with E-state index in [9.17, 15) is 14.2 Å². The first-order valence-electron chi connectivity index (χ1n) is 10.7. The van der Waals surface area contributed by atoms with Gasteiger partial charge in [0.2, 0.25) is 13.6 Å². The molecule has 1 aliphatic rings. The zero-order chi connectivity index (χ0) is 26.0. The fourth-order valence-electron chi connectivity index (χ4n) is 2.66. The van der Waals surface area contributed by atoms with Crippen molar-refractivity contribution in [3.63, 3.8) is 0 Å². The fourth-order valence-corrected chi connectivity index (χ4v) is 3.74. The van der Waals surface area contributed by atoms with Crippen LogP contribution in [0.5, 0.6) is 0 Å². The van der Waals surface area contributed by atoms with E-state index in [1.165, 1.54) is 6.33 Å². The number of rotatable bonds is 13. The van der Waals surface area contributed by atoms with Crippen molar-refractivity contribution in [3.8, 4) is 0 Å². The molecule has 2 rings (SSSR count). The summed E-state index contributed by atoms with van der Waals surface area (Å²) in [6.45, 7) is 7.56. The summed E-state index contributed by atoms with van der Waals surface area (Å²) in [7, 11) is -4.04. The average molecular weight is 521 g/mol. The van der Waals surface area contributed by atoms with Crippen molar-refractivity contribution in [3.05, 3.63) is 6.33 Å². The van der Waals surface area contributed by atoms with E-state index in [-0.39, 0.29) is 0 Å². The summed E-state index contributed by atoms with van der Waals surface area (Å²) in [5, 5.41) is 3.10. The van der Waals surface area contributed by atoms with E-state index in [1.54, 1.807) is 34.6 Å². The number of carbonyl (C=O) groups is 2. The van der Waals surface area contributed by atoms with Gasteiger partial charge < -0.3 is 39.6 Å². The van der Waals surface area contributed by atoms with E-state index in [1.807, 2.05) is 4.90 Å². The topological polar surface area (TPSA) is 183 Å². The minimum atomic E-state index is -4.04. The molecule has 3 N–H and O–H groups in total. The Labute approximate surface area is 203 Å². The third-order valence-corrected chi connectivity index (χ3v) is 5.58. The zero-order valence-electron chi connectivity index (χ0n) is 20.3. The van der Waals surface area contributed by atoms with E-state index in [4.69, 9.17) is 38.5 Å².